The zero-order chi connectivity index (χ0) is 7.23. The highest BCUT2D eigenvalue weighted by Crippen LogP contribution is 2.03. The first-order valence-electron chi connectivity index (χ1n) is 3.59. The van der Waals surface area contributed by atoms with Gasteiger partial charge in [-0.1, -0.05) is 0 Å². The van der Waals surface area contributed by atoms with Crippen LogP contribution >= 0.6 is 0 Å². The topological polar surface area (TPSA) is 45.0 Å². The third kappa shape index (κ3) is 2.34. The van der Waals surface area contributed by atoms with E-state index in [0.717, 1.165) is 26.3 Å². The van der Waals surface area contributed by atoms with Crippen LogP contribution in [0, 0.1) is 17.2 Å². The van der Waals surface area contributed by atoms with Gasteiger partial charge < -0.3 is 10.1 Å². The van der Waals surface area contributed by atoms with E-state index in [2.05, 4.69) is 11.4 Å². The molecular weight excluding hydrogens is 128 g/mol. The molecule has 10 heavy (non-hydrogen) atoms. The Morgan fingerprint density at radius 1 is 1.70 bits per heavy atom. The molecule has 1 rings (SSSR count). The van der Waals surface area contributed by atoms with Gasteiger partial charge in [0.1, 0.15) is 0 Å². The van der Waals surface area contributed by atoms with Crippen molar-refractivity contribution >= 4 is 0 Å². The molecule has 1 saturated heterocycles. The van der Waals surface area contributed by atoms with E-state index in [4.69, 9.17) is 10.00 Å². The number of ether oxygens (including phenoxy) is 1. The molecule has 0 spiro atoms. The summed E-state index contributed by atoms with van der Waals surface area (Å²) in [6.07, 6.45) is 0.604. The van der Waals surface area contributed by atoms with Crippen molar-refractivity contribution in [1.82, 2.24) is 5.32 Å². The largest absolute Gasteiger partial charge is 0.380 e. The van der Waals surface area contributed by atoms with Crippen molar-refractivity contribution in [3.8, 4) is 6.07 Å². The summed E-state index contributed by atoms with van der Waals surface area (Å²) in [6.45, 7) is 3.36. The molecule has 0 aromatic carbocycles. The molecule has 0 bridgehead atoms. The lowest BCUT2D eigenvalue weighted by atomic mass is 10.1. The Labute approximate surface area is 61.0 Å². The smallest absolute Gasteiger partial charge is 0.0626 e. The Bertz CT molecular complexity index is 122. The Hall–Kier alpha value is -0.590. The monoisotopic (exact) mass is 140 g/mol. The van der Waals surface area contributed by atoms with E-state index in [1.165, 1.54) is 0 Å². The maximum atomic E-state index is 8.38. The fraction of sp³-hybridized carbons (Fsp3) is 0.857. The van der Waals surface area contributed by atoms with Crippen LogP contribution in [0.3, 0.4) is 0 Å². The van der Waals surface area contributed by atoms with Gasteiger partial charge in [-0.3, -0.25) is 0 Å². The van der Waals surface area contributed by atoms with E-state index in [1.807, 2.05) is 0 Å². The van der Waals surface area contributed by atoms with E-state index in [-0.39, 0.29) is 0 Å². The van der Waals surface area contributed by atoms with Gasteiger partial charge in [-0.2, -0.15) is 5.26 Å². The second-order valence-corrected chi connectivity index (χ2v) is 2.51. The first-order chi connectivity index (χ1) is 4.93. The first-order valence-corrected chi connectivity index (χ1v) is 3.59. The molecule has 0 saturated carbocycles. The van der Waals surface area contributed by atoms with Gasteiger partial charge in [0.25, 0.3) is 0 Å². The van der Waals surface area contributed by atoms with Crippen LogP contribution in [0.4, 0.5) is 0 Å². The molecule has 3 nitrogen and oxygen atoms in total. The molecule has 1 fully saturated rings. The van der Waals surface area contributed by atoms with Crippen molar-refractivity contribution in [1.29, 1.82) is 5.26 Å². The van der Waals surface area contributed by atoms with Crippen molar-refractivity contribution in [2.45, 2.75) is 6.42 Å². The Kier molecular flexibility index (Phi) is 3.20. The molecule has 1 atom stereocenters. The van der Waals surface area contributed by atoms with Gasteiger partial charge in [0, 0.05) is 25.4 Å². The van der Waals surface area contributed by atoms with Crippen molar-refractivity contribution in [2.75, 3.05) is 26.3 Å². The summed E-state index contributed by atoms with van der Waals surface area (Å²) >= 11 is 0. The summed E-state index contributed by atoms with van der Waals surface area (Å²) < 4.78 is 5.25. The molecule has 0 aliphatic carbocycles. The van der Waals surface area contributed by atoms with Crippen LogP contribution in [0.1, 0.15) is 6.42 Å². The summed E-state index contributed by atoms with van der Waals surface area (Å²) in [4.78, 5) is 0. The lowest BCUT2D eigenvalue weighted by Gasteiger charge is -2.07. The lowest BCUT2D eigenvalue weighted by Crippen LogP contribution is -2.22. The minimum atomic E-state index is 0.396. The van der Waals surface area contributed by atoms with E-state index in [1.54, 1.807) is 0 Å². The van der Waals surface area contributed by atoms with Gasteiger partial charge in [0.2, 0.25) is 0 Å². The van der Waals surface area contributed by atoms with Crippen molar-refractivity contribution in [2.24, 2.45) is 5.92 Å². The number of rotatable bonds is 1. The average molecular weight is 140 g/mol. The Balaban J connectivity index is 2.23. The van der Waals surface area contributed by atoms with Crippen molar-refractivity contribution in [3.63, 3.8) is 0 Å². The van der Waals surface area contributed by atoms with E-state index < -0.39 is 0 Å². The fourth-order valence-corrected chi connectivity index (χ4v) is 1.02. The lowest BCUT2D eigenvalue weighted by molar-refractivity contribution is 0.125. The molecule has 0 aromatic rings. The SMILES string of the molecule is N#CCC1CNCCOC1. The summed E-state index contributed by atoms with van der Waals surface area (Å²) in [5.74, 6) is 0.396. The molecule has 0 amide bonds. The normalized spacial score (nSPS) is 26.9. The highest BCUT2D eigenvalue weighted by Gasteiger charge is 2.10. The van der Waals surface area contributed by atoms with Crippen LogP contribution < -0.4 is 5.32 Å². The van der Waals surface area contributed by atoms with E-state index >= 15 is 0 Å². The zero-order valence-electron chi connectivity index (χ0n) is 5.97. The molecule has 56 valence electrons. The number of hydrogen-bond acceptors (Lipinski definition) is 3. The molecular formula is C7H12N2O. The maximum Gasteiger partial charge on any atom is 0.0626 e. The molecule has 1 unspecified atom stereocenters. The first kappa shape index (κ1) is 7.52. The summed E-state index contributed by atoms with van der Waals surface area (Å²) in [7, 11) is 0. The van der Waals surface area contributed by atoms with Crippen LogP contribution in [0.15, 0.2) is 0 Å². The third-order valence-electron chi connectivity index (χ3n) is 1.59. The highest BCUT2D eigenvalue weighted by atomic mass is 16.5. The molecule has 1 heterocycles. The predicted octanol–water partition coefficient (Wildman–Crippen LogP) is 0.136. The molecule has 1 N–H and O–H groups in total. The number of nitrogens with one attached hydrogen (secondary N) is 1. The molecule has 3 heteroatoms. The van der Waals surface area contributed by atoms with E-state index in [9.17, 15) is 0 Å². The van der Waals surface area contributed by atoms with E-state index in [0.29, 0.717) is 12.3 Å². The second kappa shape index (κ2) is 4.26. The highest BCUT2D eigenvalue weighted by molar-refractivity contribution is 4.78. The number of hydrogen-bond donors (Lipinski definition) is 1. The number of nitriles is 1. The number of nitrogens with zero attached hydrogens (tertiary/aromatic N) is 1. The molecule has 1 aliphatic rings. The molecule has 0 radical (unpaired) electrons. The summed E-state index contributed by atoms with van der Waals surface area (Å²) in [5, 5.41) is 11.6. The fourth-order valence-electron chi connectivity index (χ4n) is 1.02. The third-order valence-corrected chi connectivity index (χ3v) is 1.59. The zero-order valence-corrected chi connectivity index (χ0v) is 5.97. The predicted molar refractivity (Wildman–Crippen MR) is 37.4 cm³/mol. The van der Waals surface area contributed by atoms with Crippen LogP contribution in [0.25, 0.3) is 0 Å². The van der Waals surface area contributed by atoms with Gasteiger partial charge in [-0.15, -0.1) is 0 Å². The second-order valence-electron chi connectivity index (χ2n) is 2.51. The average Bonchev–Trinajstić information content (AvgIpc) is 2.17. The van der Waals surface area contributed by atoms with Crippen molar-refractivity contribution in [3.05, 3.63) is 0 Å². The maximum absolute atomic E-state index is 8.38. The molecule has 0 aromatic heterocycles. The molecule has 1 aliphatic heterocycles. The minimum absolute atomic E-state index is 0.396. The summed E-state index contributed by atoms with van der Waals surface area (Å²) in [6, 6.07) is 2.15. The van der Waals surface area contributed by atoms with Crippen LogP contribution in [-0.4, -0.2) is 26.3 Å². The standard InChI is InChI=1S/C7H12N2O/c8-2-1-7-5-9-3-4-10-6-7/h7,9H,1,3-6H2. The quantitative estimate of drug-likeness (QED) is 0.563. The van der Waals surface area contributed by atoms with Gasteiger partial charge in [-0.05, 0) is 0 Å². The van der Waals surface area contributed by atoms with Crippen LogP contribution in [0.5, 0.6) is 0 Å². The van der Waals surface area contributed by atoms with Gasteiger partial charge in [0.15, 0.2) is 0 Å². The van der Waals surface area contributed by atoms with Gasteiger partial charge in [0.05, 0.1) is 19.3 Å². The van der Waals surface area contributed by atoms with Gasteiger partial charge in [-0.25, -0.2) is 0 Å². The Morgan fingerprint density at radius 2 is 2.60 bits per heavy atom. The Morgan fingerprint density at radius 3 is 3.40 bits per heavy atom. The van der Waals surface area contributed by atoms with Crippen LogP contribution in [-0.2, 0) is 4.74 Å². The minimum Gasteiger partial charge on any atom is -0.380 e. The van der Waals surface area contributed by atoms with Crippen molar-refractivity contribution < 1.29 is 4.74 Å². The van der Waals surface area contributed by atoms with Gasteiger partial charge >= 0.3 is 0 Å². The van der Waals surface area contributed by atoms with Crippen LogP contribution in [0.2, 0.25) is 0 Å². The summed E-state index contributed by atoms with van der Waals surface area (Å²) in [5.41, 5.74) is 0.